The minimum atomic E-state index is -1.40. The van der Waals surface area contributed by atoms with Crippen LogP contribution in [0.15, 0.2) is 12.1 Å². The number of benzene rings is 1. The summed E-state index contributed by atoms with van der Waals surface area (Å²) in [6, 6.07) is 2.21. The van der Waals surface area contributed by atoms with E-state index < -0.39 is 17.5 Å². The highest BCUT2D eigenvalue weighted by Crippen LogP contribution is 2.31. The van der Waals surface area contributed by atoms with Gasteiger partial charge in [-0.05, 0) is 63.6 Å². The Morgan fingerprint density at radius 2 is 1.46 bits per heavy atom. The third-order valence-corrected chi connectivity index (χ3v) is 5.23. The molecule has 1 aromatic rings. The molecule has 0 aliphatic heterocycles. The first-order valence-electron chi connectivity index (χ1n) is 10.1. The lowest BCUT2D eigenvalue weighted by molar-refractivity contribution is -0.0598. The van der Waals surface area contributed by atoms with Crippen LogP contribution >= 0.6 is 0 Å². The van der Waals surface area contributed by atoms with E-state index in [4.69, 9.17) is 4.74 Å². The fourth-order valence-corrected chi connectivity index (χ4v) is 3.59. The Kier molecular flexibility index (Phi) is 10.3. The van der Waals surface area contributed by atoms with Crippen molar-refractivity contribution in [1.82, 2.24) is 0 Å². The number of unbranched alkanes of at least 4 members (excludes halogenated alkanes) is 5. The van der Waals surface area contributed by atoms with Gasteiger partial charge in [-0.1, -0.05) is 45.4 Å². The van der Waals surface area contributed by atoms with Gasteiger partial charge in [-0.3, -0.25) is 0 Å². The fraction of sp³-hybridized carbons (Fsp3) is 0.727. The Labute approximate surface area is 157 Å². The van der Waals surface area contributed by atoms with Crippen molar-refractivity contribution in [3.63, 3.8) is 0 Å². The molecule has 0 fully saturated rings. The first-order chi connectivity index (χ1) is 12.3. The molecule has 0 radical (unpaired) electrons. The lowest BCUT2D eigenvalue weighted by atomic mass is 9.81. The molecule has 1 atom stereocenters. The van der Waals surface area contributed by atoms with Gasteiger partial charge in [0, 0.05) is 6.61 Å². The van der Waals surface area contributed by atoms with E-state index in [1.165, 1.54) is 32.1 Å². The topological polar surface area (TPSA) is 9.23 Å². The van der Waals surface area contributed by atoms with Crippen LogP contribution in [0.4, 0.5) is 13.2 Å². The van der Waals surface area contributed by atoms with Crippen LogP contribution in [0.25, 0.3) is 0 Å². The summed E-state index contributed by atoms with van der Waals surface area (Å²) in [7, 11) is 0. The molecule has 0 heterocycles. The fourth-order valence-electron chi connectivity index (χ4n) is 3.59. The van der Waals surface area contributed by atoms with Gasteiger partial charge < -0.3 is 4.74 Å². The van der Waals surface area contributed by atoms with Crippen LogP contribution in [0, 0.1) is 23.4 Å². The molecule has 1 rings (SSSR count). The average Bonchev–Trinajstić information content (AvgIpc) is 2.57. The third-order valence-electron chi connectivity index (χ3n) is 5.23. The molecule has 4 heteroatoms. The van der Waals surface area contributed by atoms with Crippen LogP contribution in [0.2, 0.25) is 0 Å². The van der Waals surface area contributed by atoms with E-state index in [1.54, 1.807) is 0 Å². The van der Waals surface area contributed by atoms with Crippen LogP contribution in [0.5, 0.6) is 0 Å². The predicted octanol–water partition coefficient (Wildman–Crippen LogP) is 7.22. The summed E-state index contributed by atoms with van der Waals surface area (Å²) in [6.07, 6.45) is 9.73. The molecule has 0 saturated carbocycles. The number of aryl methyl sites for hydroxylation is 1. The highest BCUT2D eigenvalue weighted by Gasteiger charge is 2.29. The van der Waals surface area contributed by atoms with E-state index >= 15 is 0 Å². The van der Waals surface area contributed by atoms with Crippen LogP contribution in [0.3, 0.4) is 0 Å². The van der Waals surface area contributed by atoms with Crippen LogP contribution in [0.1, 0.15) is 84.6 Å². The van der Waals surface area contributed by atoms with Gasteiger partial charge in [-0.25, -0.2) is 13.2 Å². The molecule has 0 aromatic heterocycles. The molecule has 0 spiro atoms. The van der Waals surface area contributed by atoms with E-state index in [0.717, 1.165) is 31.4 Å². The van der Waals surface area contributed by atoms with E-state index in [2.05, 4.69) is 20.8 Å². The van der Waals surface area contributed by atoms with Crippen molar-refractivity contribution in [2.45, 2.75) is 91.1 Å². The molecule has 26 heavy (non-hydrogen) atoms. The Bertz CT molecular complexity index is 505. The molecule has 1 unspecified atom stereocenters. The molecule has 0 aliphatic rings. The van der Waals surface area contributed by atoms with Gasteiger partial charge in [0.2, 0.25) is 0 Å². The van der Waals surface area contributed by atoms with Gasteiger partial charge in [0.25, 0.3) is 0 Å². The van der Waals surface area contributed by atoms with Crippen LogP contribution < -0.4 is 0 Å². The zero-order chi connectivity index (χ0) is 19.6. The number of hydrogen-bond acceptors (Lipinski definition) is 1. The SMILES string of the molecule is CCCCCCCCC(CCc1cc(F)c(F)c(F)c1)C(C)(C)OCC. The van der Waals surface area contributed by atoms with Gasteiger partial charge >= 0.3 is 0 Å². The maximum atomic E-state index is 13.4. The molecule has 0 N–H and O–H groups in total. The largest absolute Gasteiger partial charge is 0.376 e. The zero-order valence-electron chi connectivity index (χ0n) is 16.8. The number of ether oxygens (including phenoxy) is 1. The minimum absolute atomic E-state index is 0.282. The van der Waals surface area contributed by atoms with Crippen molar-refractivity contribution in [3.8, 4) is 0 Å². The Morgan fingerprint density at radius 3 is 2.04 bits per heavy atom. The summed E-state index contributed by atoms with van der Waals surface area (Å²) in [5.74, 6) is -3.33. The molecule has 1 nitrogen and oxygen atoms in total. The molecule has 150 valence electrons. The van der Waals surface area contributed by atoms with Crippen molar-refractivity contribution < 1.29 is 17.9 Å². The number of halogens is 3. The maximum Gasteiger partial charge on any atom is 0.194 e. The van der Waals surface area contributed by atoms with Gasteiger partial charge in [-0.2, -0.15) is 0 Å². The average molecular weight is 373 g/mol. The summed E-state index contributed by atoms with van der Waals surface area (Å²) in [5, 5.41) is 0. The monoisotopic (exact) mass is 372 g/mol. The molecule has 0 aliphatic carbocycles. The Morgan fingerprint density at radius 1 is 0.885 bits per heavy atom. The lowest BCUT2D eigenvalue weighted by Gasteiger charge is -2.34. The number of rotatable bonds is 13. The summed E-state index contributed by atoms with van der Waals surface area (Å²) < 4.78 is 45.9. The number of hydrogen-bond donors (Lipinski definition) is 0. The zero-order valence-corrected chi connectivity index (χ0v) is 16.8. The van der Waals surface area contributed by atoms with Crippen molar-refractivity contribution in [1.29, 1.82) is 0 Å². The maximum absolute atomic E-state index is 13.4. The second kappa shape index (κ2) is 11.6. The molecule has 0 bridgehead atoms. The normalized spacial score (nSPS) is 13.2. The van der Waals surface area contributed by atoms with Crippen molar-refractivity contribution >= 4 is 0 Å². The molecule has 0 saturated heterocycles. The Hall–Kier alpha value is -1.03. The second-order valence-electron chi connectivity index (χ2n) is 7.70. The highest BCUT2D eigenvalue weighted by molar-refractivity contribution is 5.19. The summed E-state index contributed by atoms with van der Waals surface area (Å²) in [5.41, 5.74) is 0.219. The minimum Gasteiger partial charge on any atom is -0.376 e. The van der Waals surface area contributed by atoms with Crippen LogP contribution in [-0.4, -0.2) is 12.2 Å². The lowest BCUT2D eigenvalue weighted by Crippen LogP contribution is -2.35. The molecule has 1 aromatic carbocycles. The predicted molar refractivity (Wildman–Crippen MR) is 102 cm³/mol. The quantitative estimate of drug-likeness (QED) is 0.262. The Balaban J connectivity index is 2.64. The molecular formula is C22H35F3O. The smallest absolute Gasteiger partial charge is 0.194 e. The molecular weight excluding hydrogens is 337 g/mol. The van der Waals surface area contributed by atoms with Crippen molar-refractivity contribution in [2.24, 2.45) is 5.92 Å². The van der Waals surface area contributed by atoms with Gasteiger partial charge in [0.05, 0.1) is 5.60 Å². The molecule has 0 amide bonds. The van der Waals surface area contributed by atoms with E-state index in [0.29, 0.717) is 24.5 Å². The summed E-state index contributed by atoms with van der Waals surface area (Å²) in [4.78, 5) is 0. The first kappa shape index (κ1) is 23.0. The van der Waals surface area contributed by atoms with Crippen LogP contribution in [-0.2, 0) is 11.2 Å². The van der Waals surface area contributed by atoms with Gasteiger partial charge in [0.1, 0.15) is 0 Å². The highest BCUT2D eigenvalue weighted by atomic mass is 19.2. The third kappa shape index (κ3) is 7.69. The van der Waals surface area contributed by atoms with Gasteiger partial charge in [-0.15, -0.1) is 0 Å². The second-order valence-corrected chi connectivity index (χ2v) is 7.70. The van der Waals surface area contributed by atoms with E-state index in [-0.39, 0.29) is 5.60 Å². The van der Waals surface area contributed by atoms with Crippen molar-refractivity contribution in [3.05, 3.63) is 35.1 Å². The summed E-state index contributed by atoms with van der Waals surface area (Å²) in [6.45, 7) is 9.00. The van der Waals surface area contributed by atoms with Gasteiger partial charge in [0.15, 0.2) is 17.5 Å². The van der Waals surface area contributed by atoms with Crippen molar-refractivity contribution in [2.75, 3.05) is 6.61 Å². The van der Waals surface area contributed by atoms with E-state index in [1.807, 2.05) is 6.92 Å². The summed E-state index contributed by atoms with van der Waals surface area (Å²) >= 11 is 0. The standard InChI is InChI=1S/C22H35F3O/c1-5-7-8-9-10-11-12-18(22(3,4)26-6-2)14-13-17-15-19(23)21(25)20(24)16-17/h15-16,18H,5-14H2,1-4H3. The first-order valence-corrected chi connectivity index (χ1v) is 10.1. The van der Waals surface area contributed by atoms with E-state index in [9.17, 15) is 13.2 Å².